The van der Waals surface area contributed by atoms with Crippen LogP contribution >= 0.6 is 11.3 Å². The molecule has 2 aromatic rings. The molecule has 0 atom stereocenters. The quantitative estimate of drug-likeness (QED) is 0.862. The van der Waals surface area contributed by atoms with Crippen molar-refractivity contribution < 1.29 is 0 Å². The van der Waals surface area contributed by atoms with Crippen molar-refractivity contribution in [3.8, 4) is 0 Å². The number of nitrogens with zero attached hydrogens (tertiary/aromatic N) is 1. The van der Waals surface area contributed by atoms with E-state index in [9.17, 15) is 0 Å². The Hall–Kier alpha value is -0.930. The van der Waals surface area contributed by atoms with Gasteiger partial charge in [-0.05, 0) is 23.6 Å². The molecule has 1 radical (unpaired) electrons. The Labute approximate surface area is 94.1 Å². The summed E-state index contributed by atoms with van der Waals surface area (Å²) in [6.07, 6.45) is 0.983. The van der Waals surface area contributed by atoms with E-state index in [1.54, 1.807) is 11.3 Å². The summed E-state index contributed by atoms with van der Waals surface area (Å²) in [4.78, 5) is 4.59. The molecule has 1 aromatic heterocycles. The summed E-state index contributed by atoms with van der Waals surface area (Å²) in [7, 11) is 0. The lowest BCUT2D eigenvalue weighted by Crippen LogP contribution is -1.94. The number of hydrogen-bond acceptors (Lipinski definition) is 3. The molecule has 0 saturated heterocycles. The number of aromatic nitrogens is 1. The fraction of sp³-hybridized carbons (Fsp3) is 0.333. The molecule has 0 unspecified atom stereocenters. The Morgan fingerprint density at radius 1 is 1.40 bits per heavy atom. The van der Waals surface area contributed by atoms with Gasteiger partial charge in [-0.2, -0.15) is 0 Å². The van der Waals surface area contributed by atoms with Crippen molar-refractivity contribution in [2.75, 3.05) is 0 Å². The molecule has 0 bridgehead atoms. The minimum atomic E-state index is 0.599. The fourth-order valence-electron chi connectivity index (χ4n) is 1.52. The second-order valence-corrected chi connectivity index (χ2v) is 5.11. The Bertz CT molecular complexity index is 460. The van der Waals surface area contributed by atoms with Gasteiger partial charge in [0.25, 0.3) is 0 Å². The zero-order chi connectivity index (χ0) is 10.8. The van der Waals surface area contributed by atoms with E-state index < -0.39 is 0 Å². The molecule has 15 heavy (non-hydrogen) atoms. The maximum atomic E-state index is 5.61. The first kappa shape index (κ1) is 10.6. The molecule has 1 aromatic carbocycles. The molecule has 79 valence electrons. The normalized spacial score (nSPS) is 11.5. The van der Waals surface area contributed by atoms with Crippen LogP contribution in [0.5, 0.6) is 0 Å². The van der Waals surface area contributed by atoms with Crippen molar-refractivity contribution >= 4 is 21.6 Å². The molecule has 0 spiro atoms. The van der Waals surface area contributed by atoms with Crippen LogP contribution in [0.15, 0.2) is 18.2 Å². The van der Waals surface area contributed by atoms with Crippen LogP contribution < -0.4 is 5.73 Å². The van der Waals surface area contributed by atoms with E-state index in [-0.39, 0.29) is 0 Å². The van der Waals surface area contributed by atoms with E-state index in [1.807, 2.05) is 6.07 Å². The number of hydrogen-bond donors (Lipinski definition) is 1. The lowest BCUT2D eigenvalue weighted by molar-refractivity contribution is 0.947. The van der Waals surface area contributed by atoms with Gasteiger partial charge in [0.1, 0.15) is 0 Å². The number of rotatable bonds is 3. The van der Waals surface area contributed by atoms with Crippen molar-refractivity contribution in [2.45, 2.75) is 26.8 Å². The fourth-order valence-corrected chi connectivity index (χ4v) is 2.71. The van der Waals surface area contributed by atoms with Gasteiger partial charge < -0.3 is 5.73 Å². The van der Waals surface area contributed by atoms with E-state index in [4.69, 9.17) is 5.73 Å². The van der Waals surface area contributed by atoms with Gasteiger partial charge in [-0.15, -0.1) is 11.3 Å². The standard InChI is InChI=1S/C12H15N2S/c1-8(2)5-12-14-10-4-3-9(7-13)6-11(10)15-12/h3-4,6H,5,7,13H2,1-2H3. The topological polar surface area (TPSA) is 38.9 Å². The van der Waals surface area contributed by atoms with Crippen molar-refractivity contribution in [1.29, 1.82) is 0 Å². The number of nitrogens with two attached hydrogens (primary N) is 1. The minimum absolute atomic E-state index is 0.599. The Kier molecular flexibility index (Phi) is 3.03. The molecular weight excluding hydrogens is 204 g/mol. The van der Waals surface area contributed by atoms with Crippen molar-refractivity contribution in [3.63, 3.8) is 0 Å². The molecule has 2 N–H and O–H groups in total. The van der Waals surface area contributed by atoms with Crippen LogP contribution in [0.1, 0.15) is 24.4 Å². The lowest BCUT2D eigenvalue weighted by Gasteiger charge is -1.96. The van der Waals surface area contributed by atoms with Crippen LogP contribution in [0.2, 0.25) is 0 Å². The largest absolute Gasteiger partial charge is 0.326 e. The Morgan fingerprint density at radius 2 is 2.20 bits per heavy atom. The second-order valence-electron chi connectivity index (χ2n) is 4.00. The van der Waals surface area contributed by atoms with Gasteiger partial charge in [0.15, 0.2) is 0 Å². The Balaban J connectivity index is 2.37. The first-order chi connectivity index (χ1) is 7.19. The van der Waals surface area contributed by atoms with E-state index in [2.05, 4.69) is 31.0 Å². The predicted octanol–water partition coefficient (Wildman–Crippen LogP) is 2.91. The number of fused-ring (bicyclic) bond motifs is 1. The summed E-state index contributed by atoms with van der Waals surface area (Å²) < 4.78 is 1.24. The lowest BCUT2D eigenvalue weighted by atomic mass is 10.1. The molecule has 3 heteroatoms. The third-order valence-corrected chi connectivity index (χ3v) is 3.26. The van der Waals surface area contributed by atoms with Gasteiger partial charge in [0, 0.05) is 13.0 Å². The van der Waals surface area contributed by atoms with E-state index in [1.165, 1.54) is 21.2 Å². The number of thiazole rings is 1. The molecule has 1 heterocycles. The summed E-state index contributed by atoms with van der Waals surface area (Å²) >= 11 is 1.77. The van der Waals surface area contributed by atoms with Crippen molar-refractivity contribution in [3.05, 3.63) is 34.7 Å². The number of benzene rings is 1. The molecule has 0 aliphatic carbocycles. The van der Waals surface area contributed by atoms with Crippen molar-refractivity contribution in [2.24, 2.45) is 5.73 Å². The van der Waals surface area contributed by atoms with Crippen LogP contribution in [-0.2, 0) is 13.0 Å². The third kappa shape index (κ3) is 2.36. The van der Waals surface area contributed by atoms with Gasteiger partial charge in [0.05, 0.1) is 15.2 Å². The first-order valence-electron chi connectivity index (χ1n) is 5.06. The van der Waals surface area contributed by atoms with Gasteiger partial charge in [-0.3, -0.25) is 0 Å². The van der Waals surface area contributed by atoms with Crippen LogP contribution in [-0.4, -0.2) is 4.98 Å². The maximum absolute atomic E-state index is 5.61. The van der Waals surface area contributed by atoms with E-state index >= 15 is 0 Å². The zero-order valence-corrected chi connectivity index (χ0v) is 9.90. The van der Waals surface area contributed by atoms with Gasteiger partial charge >= 0.3 is 0 Å². The zero-order valence-electron chi connectivity index (χ0n) is 9.08. The van der Waals surface area contributed by atoms with Crippen LogP contribution in [0.3, 0.4) is 0 Å². The highest BCUT2D eigenvalue weighted by Gasteiger charge is 2.06. The van der Waals surface area contributed by atoms with Crippen LogP contribution in [0, 0.1) is 5.92 Å². The average Bonchev–Trinajstić information content (AvgIpc) is 2.57. The molecule has 0 amide bonds. The van der Waals surface area contributed by atoms with E-state index in [0.717, 1.165) is 11.9 Å². The van der Waals surface area contributed by atoms with Gasteiger partial charge in [-0.25, -0.2) is 4.98 Å². The molecule has 0 aliphatic rings. The first-order valence-corrected chi connectivity index (χ1v) is 5.88. The van der Waals surface area contributed by atoms with E-state index in [0.29, 0.717) is 6.54 Å². The van der Waals surface area contributed by atoms with Gasteiger partial charge in [0.2, 0.25) is 0 Å². The third-order valence-electron chi connectivity index (χ3n) is 2.24. The molecular formula is C12H15N2S. The molecule has 0 aliphatic heterocycles. The molecule has 2 rings (SSSR count). The smallest absolute Gasteiger partial charge is 0.0944 e. The summed E-state index contributed by atoms with van der Waals surface area (Å²) in [6.45, 7) is 4.87. The SMILES string of the molecule is C[C](C)Cc1nc2ccc(CN)cc2s1. The minimum Gasteiger partial charge on any atom is -0.326 e. The highest BCUT2D eigenvalue weighted by atomic mass is 32.1. The second kappa shape index (κ2) is 4.29. The molecule has 0 fully saturated rings. The van der Waals surface area contributed by atoms with Crippen LogP contribution in [0.25, 0.3) is 10.2 Å². The highest BCUT2D eigenvalue weighted by molar-refractivity contribution is 7.18. The summed E-state index contributed by atoms with van der Waals surface area (Å²) in [6, 6.07) is 6.25. The molecule has 2 nitrogen and oxygen atoms in total. The average molecular weight is 219 g/mol. The highest BCUT2D eigenvalue weighted by Crippen LogP contribution is 2.25. The van der Waals surface area contributed by atoms with Gasteiger partial charge in [-0.1, -0.05) is 19.9 Å². The summed E-state index contributed by atoms with van der Waals surface area (Å²) in [5, 5.41) is 1.19. The molecule has 0 saturated carbocycles. The summed E-state index contributed by atoms with van der Waals surface area (Å²) in [5.74, 6) is 1.40. The Morgan fingerprint density at radius 3 is 2.87 bits per heavy atom. The predicted molar refractivity (Wildman–Crippen MR) is 65.8 cm³/mol. The monoisotopic (exact) mass is 219 g/mol. The van der Waals surface area contributed by atoms with Crippen molar-refractivity contribution in [1.82, 2.24) is 4.98 Å². The summed E-state index contributed by atoms with van der Waals surface area (Å²) in [5.41, 5.74) is 7.88. The van der Waals surface area contributed by atoms with Crippen LogP contribution in [0.4, 0.5) is 0 Å². The maximum Gasteiger partial charge on any atom is 0.0944 e.